The van der Waals surface area contributed by atoms with Crippen LogP contribution >= 0.6 is 0 Å². The topological polar surface area (TPSA) is 221 Å². The fourth-order valence-corrected chi connectivity index (χ4v) is 11.7. The van der Waals surface area contributed by atoms with Crippen LogP contribution in [0.5, 0.6) is 11.8 Å². The number of piperazine rings is 1. The first-order valence-electron chi connectivity index (χ1n) is 25.1. The minimum atomic E-state index is -1.05. The number of aromatic hydroxyl groups is 1. The van der Waals surface area contributed by atoms with Crippen LogP contribution in [0.2, 0.25) is 0 Å². The van der Waals surface area contributed by atoms with Gasteiger partial charge in [-0.15, -0.1) is 6.42 Å². The van der Waals surface area contributed by atoms with Crippen molar-refractivity contribution >= 4 is 62.9 Å². The summed E-state index contributed by atoms with van der Waals surface area (Å²) in [6.07, 6.45) is 10.9. The molecule has 6 aliphatic heterocycles. The Morgan fingerprint density at radius 2 is 1.81 bits per heavy atom. The predicted octanol–water partition coefficient (Wildman–Crippen LogP) is 4.89. The lowest BCUT2D eigenvalue weighted by molar-refractivity contribution is -0.136. The number of ether oxygens (including phenoxy) is 3. The van der Waals surface area contributed by atoms with E-state index in [1.54, 1.807) is 19.2 Å². The molecule has 3 aromatic carbocycles. The number of piperidine rings is 1. The van der Waals surface area contributed by atoms with Gasteiger partial charge in [0, 0.05) is 87.2 Å². The molecular formula is C54H54F2N10O9. The van der Waals surface area contributed by atoms with E-state index in [0.717, 1.165) is 23.3 Å². The van der Waals surface area contributed by atoms with Gasteiger partial charge in [-0.25, -0.2) is 13.6 Å². The number of hydrogen-bond acceptors (Lipinski definition) is 16. The molecule has 19 nitrogen and oxygen atoms in total. The number of aromatic nitrogens is 3. The van der Waals surface area contributed by atoms with Crippen molar-refractivity contribution in [3.63, 3.8) is 0 Å². The van der Waals surface area contributed by atoms with Gasteiger partial charge in [0.25, 0.3) is 11.8 Å². The minimum absolute atomic E-state index is 0.0330. The Morgan fingerprint density at radius 1 is 1.01 bits per heavy atom. The van der Waals surface area contributed by atoms with E-state index in [1.165, 1.54) is 41.4 Å². The number of anilines is 2. The normalized spacial score (nSPS) is 23.2. The Hall–Kier alpha value is -7.80. The summed E-state index contributed by atoms with van der Waals surface area (Å²) < 4.78 is 50.5. The first kappa shape index (κ1) is 49.4. The zero-order valence-corrected chi connectivity index (χ0v) is 41.1. The number of nitrogens with zero attached hydrogens (tertiary/aromatic N) is 7. The number of phenols is 1. The number of nitrogens with one attached hydrogen (secondary N) is 3. The lowest BCUT2D eigenvalue weighted by Crippen LogP contribution is -2.54. The van der Waals surface area contributed by atoms with Crippen molar-refractivity contribution in [2.75, 3.05) is 76.4 Å². The summed E-state index contributed by atoms with van der Waals surface area (Å²) in [7, 11) is 1.63. The van der Waals surface area contributed by atoms with E-state index in [0.29, 0.717) is 67.7 Å². The van der Waals surface area contributed by atoms with Gasteiger partial charge in [0.05, 0.1) is 40.8 Å². The van der Waals surface area contributed by atoms with Gasteiger partial charge in [0.15, 0.2) is 5.82 Å². The molecule has 0 spiro atoms. The highest BCUT2D eigenvalue weighted by molar-refractivity contribution is 6.23. The summed E-state index contributed by atoms with van der Waals surface area (Å²) in [6.45, 7) is 7.52. The quantitative estimate of drug-likeness (QED) is 0.0475. The molecule has 75 heavy (non-hydrogen) atoms. The molecule has 5 saturated heterocycles. The first-order chi connectivity index (χ1) is 36.2. The van der Waals surface area contributed by atoms with Gasteiger partial charge >= 0.3 is 12.1 Å². The summed E-state index contributed by atoms with van der Waals surface area (Å²) in [5.74, 6) is -1.08. The number of carbonyl (C=O) groups excluding carboxylic acids is 5. The van der Waals surface area contributed by atoms with Crippen LogP contribution in [-0.2, 0) is 19.1 Å². The van der Waals surface area contributed by atoms with Crippen molar-refractivity contribution < 1.29 is 52.1 Å². The van der Waals surface area contributed by atoms with Gasteiger partial charge in [0.2, 0.25) is 11.8 Å². The molecule has 4 N–H and O–H groups in total. The van der Waals surface area contributed by atoms with Crippen LogP contribution in [0.1, 0.15) is 71.2 Å². The molecule has 0 aliphatic carbocycles. The highest BCUT2D eigenvalue weighted by Gasteiger charge is 2.52. The molecule has 0 saturated carbocycles. The van der Waals surface area contributed by atoms with E-state index in [-0.39, 0.29) is 115 Å². The lowest BCUT2D eigenvalue weighted by atomic mass is 9.94. The third-order valence-corrected chi connectivity index (χ3v) is 15.3. The van der Waals surface area contributed by atoms with Gasteiger partial charge in [-0.05, 0) is 80.3 Å². The number of fused-ring (bicyclic) bond motifs is 6. The average molecular weight is 1030 g/mol. The van der Waals surface area contributed by atoms with E-state index >= 15 is 8.78 Å². The number of hydrogen-bond donors (Lipinski definition) is 4. The summed E-state index contributed by atoms with van der Waals surface area (Å²) in [5, 5.41) is 20.7. The molecule has 21 heteroatoms. The van der Waals surface area contributed by atoms with Crippen LogP contribution in [-0.4, -0.2) is 160 Å². The molecule has 0 radical (unpaired) electrons. The molecule has 8 heterocycles. The maximum Gasteiger partial charge on any atom is 0.409 e. The van der Waals surface area contributed by atoms with Crippen LogP contribution in [0, 0.1) is 24.0 Å². The highest BCUT2D eigenvalue weighted by Crippen LogP contribution is 2.45. The Kier molecular flexibility index (Phi) is 13.0. The van der Waals surface area contributed by atoms with Crippen molar-refractivity contribution in [1.29, 1.82) is 0 Å². The zero-order valence-electron chi connectivity index (χ0n) is 41.1. The van der Waals surface area contributed by atoms with Gasteiger partial charge in [-0.1, -0.05) is 24.1 Å². The van der Waals surface area contributed by atoms with Crippen LogP contribution in [0.15, 0.2) is 60.8 Å². The number of phenolic OH excluding ortho intramolecular Hbond substituents is 1. The first-order valence-corrected chi connectivity index (χ1v) is 25.1. The number of benzene rings is 3. The van der Waals surface area contributed by atoms with Crippen molar-refractivity contribution in [1.82, 2.24) is 40.3 Å². The average Bonchev–Trinajstić information content (AvgIpc) is 4.12. The van der Waals surface area contributed by atoms with Gasteiger partial charge < -0.3 is 39.8 Å². The number of halogens is 2. The van der Waals surface area contributed by atoms with E-state index in [2.05, 4.69) is 48.2 Å². The highest BCUT2D eigenvalue weighted by atomic mass is 19.1. The number of terminal acetylenes is 1. The maximum absolute atomic E-state index is 17.2. The van der Waals surface area contributed by atoms with Gasteiger partial charge in [0.1, 0.15) is 47.9 Å². The summed E-state index contributed by atoms with van der Waals surface area (Å²) in [5.41, 5.74) is 1.20. The van der Waals surface area contributed by atoms with Gasteiger partial charge in [-0.2, -0.15) is 9.97 Å². The molecule has 5 amide bonds. The molecule has 3 unspecified atom stereocenters. The second kappa shape index (κ2) is 19.8. The van der Waals surface area contributed by atoms with Crippen LogP contribution < -0.4 is 25.6 Å². The van der Waals surface area contributed by atoms with Crippen LogP contribution in [0.25, 0.3) is 32.9 Å². The second-order valence-corrected chi connectivity index (χ2v) is 20.2. The monoisotopic (exact) mass is 1020 g/mol. The second-order valence-electron chi connectivity index (χ2n) is 20.2. The molecule has 388 valence electrons. The third kappa shape index (κ3) is 9.20. The largest absolute Gasteiger partial charge is 0.508 e. The molecule has 5 aromatic rings. The molecule has 2 bridgehead atoms. The van der Waals surface area contributed by atoms with E-state index in [1.807, 2.05) is 0 Å². The Morgan fingerprint density at radius 3 is 2.60 bits per heavy atom. The summed E-state index contributed by atoms with van der Waals surface area (Å²) in [6, 6.07) is 9.41. The molecule has 11 rings (SSSR count). The SMILES string of the molecule is C#Cc1c(F)ccc2cc(O)cc(-c3ncc4c(N5CC6CCC(C5)N6)nc(OC[C@@]56CC[C@@H](COC(=O)N(C)CCOCCNc7ccc8c(c7)C(=O)N(C7CCC(=O)NC7=O)C8=O)N5CC(=C)C6)nc4c3F)c12. The summed E-state index contributed by atoms with van der Waals surface area (Å²) in [4.78, 5) is 84.3. The smallest absolute Gasteiger partial charge is 0.409 e. The number of imide groups is 2. The minimum Gasteiger partial charge on any atom is -0.508 e. The summed E-state index contributed by atoms with van der Waals surface area (Å²) >= 11 is 0. The molecule has 5 fully saturated rings. The fraction of sp³-hybridized carbons (Fsp3) is 0.407. The van der Waals surface area contributed by atoms with E-state index in [4.69, 9.17) is 25.6 Å². The lowest BCUT2D eigenvalue weighted by Gasteiger charge is -2.35. The van der Waals surface area contributed by atoms with Crippen molar-refractivity contribution in [3.05, 3.63) is 89.1 Å². The van der Waals surface area contributed by atoms with Gasteiger partial charge in [-0.3, -0.25) is 39.3 Å². The number of likely N-dealkylation sites (N-methyl/N-ethyl adjacent to an activating group) is 1. The standard InChI is InChI=1S/C54H54F2N10O9/c1-4-36-41(55)10-5-30-19-35(67)21-39(44(30)36)46-45(56)47-40(23-58-46)48(64-25-32-6-7-33(26-64)59-32)62-52(61-47)75-28-54-14-13-34(65(54)24-29(2)22-54)27-74-53(72)63(3)16-18-73-17-15-57-31-8-9-37-38(20-31)51(71)66(50(37)70)42-11-12-43(68)60-49(42)69/h1,5,8-10,19-21,23,32-34,42,57,59,67H,2,6-7,11-18,22,24-28H2,3H3,(H,60,68,69)/t32?,33?,34-,42?,54-/m0/s1. The Bertz CT molecular complexity index is 3270. The van der Waals surface area contributed by atoms with Crippen molar-refractivity contribution in [2.24, 2.45) is 0 Å². The maximum atomic E-state index is 17.2. The predicted molar refractivity (Wildman–Crippen MR) is 270 cm³/mol. The van der Waals surface area contributed by atoms with Crippen molar-refractivity contribution in [3.8, 4) is 35.4 Å². The van der Waals surface area contributed by atoms with Crippen LogP contribution in [0.3, 0.4) is 0 Å². The number of amides is 5. The van der Waals surface area contributed by atoms with Crippen LogP contribution in [0.4, 0.5) is 25.1 Å². The molecule has 2 aromatic heterocycles. The molecule has 6 aliphatic rings. The van der Waals surface area contributed by atoms with E-state index in [9.17, 15) is 29.1 Å². The Balaban J connectivity index is 0.714. The number of carbonyl (C=O) groups is 5. The van der Waals surface area contributed by atoms with E-state index < -0.39 is 52.9 Å². The number of pyridine rings is 1. The molecule has 5 atom stereocenters. The number of rotatable bonds is 15. The fourth-order valence-electron chi connectivity index (χ4n) is 11.7. The zero-order chi connectivity index (χ0) is 52.3. The Labute approximate surface area is 429 Å². The third-order valence-electron chi connectivity index (χ3n) is 15.3. The van der Waals surface area contributed by atoms with Crippen molar-refractivity contribution in [2.45, 2.75) is 74.7 Å². The molecular weight excluding hydrogens is 971 g/mol.